The average Bonchev–Trinajstić information content (AvgIpc) is 2.98. The summed E-state index contributed by atoms with van der Waals surface area (Å²) >= 11 is 6.02. The maximum atomic E-state index is 9.62. The number of rotatable bonds is 2. The topological polar surface area (TPSA) is 46.3 Å². The van der Waals surface area contributed by atoms with Crippen LogP contribution in [0.1, 0.15) is 0 Å². The molecule has 3 nitrogen and oxygen atoms in total. The van der Waals surface area contributed by atoms with Gasteiger partial charge < -0.3 is 9.52 Å². The molecular formula is C19H12ClNO2. The minimum Gasteiger partial charge on any atom is -0.508 e. The molecule has 1 N–H and O–H groups in total. The van der Waals surface area contributed by atoms with Gasteiger partial charge in [-0.2, -0.15) is 0 Å². The molecule has 112 valence electrons. The summed E-state index contributed by atoms with van der Waals surface area (Å²) in [5, 5.41) is 10.3. The van der Waals surface area contributed by atoms with Crippen molar-refractivity contribution < 1.29 is 9.52 Å². The average molecular weight is 322 g/mol. The summed E-state index contributed by atoms with van der Waals surface area (Å²) in [7, 11) is 0. The fourth-order valence-electron chi connectivity index (χ4n) is 2.53. The number of oxazole rings is 1. The highest BCUT2D eigenvalue weighted by Gasteiger charge is 2.10. The van der Waals surface area contributed by atoms with E-state index < -0.39 is 0 Å². The first-order valence-electron chi connectivity index (χ1n) is 7.15. The molecule has 0 spiro atoms. The van der Waals surface area contributed by atoms with Crippen LogP contribution in [-0.2, 0) is 0 Å². The Balaban J connectivity index is 1.81. The fraction of sp³-hybridized carbons (Fsp3) is 0. The van der Waals surface area contributed by atoms with Crippen LogP contribution in [0.4, 0.5) is 0 Å². The van der Waals surface area contributed by atoms with Gasteiger partial charge in [0.2, 0.25) is 5.89 Å². The third-order valence-electron chi connectivity index (χ3n) is 3.64. The van der Waals surface area contributed by atoms with Crippen molar-refractivity contribution in [3.05, 3.63) is 71.8 Å². The van der Waals surface area contributed by atoms with Crippen molar-refractivity contribution in [2.45, 2.75) is 0 Å². The van der Waals surface area contributed by atoms with Crippen LogP contribution in [0.2, 0.25) is 5.02 Å². The third-order valence-corrected chi connectivity index (χ3v) is 3.87. The summed E-state index contributed by atoms with van der Waals surface area (Å²) < 4.78 is 5.87. The number of phenols is 1. The molecule has 0 amide bonds. The Hall–Kier alpha value is -2.78. The van der Waals surface area contributed by atoms with Crippen molar-refractivity contribution in [1.29, 1.82) is 0 Å². The van der Waals surface area contributed by atoms with E-state index in [2.05, 4.69) is 4.98 Å². The summed E-state index contributed by atoms with van der Waals surface area (Å²) in [6, 6.07) is 20.3. The molecule has 0 fully saturated rings. The van der Waals surface area contributed by atoms with Crippen LogP contribution in [0.25, 0.3) is 33.7 Å². The van der Waals surface area contributed by atoms with E-state index in [-0.39, 0.29) is 5.75 Å². The van der Waals surface area contributed by atoms with E-state index in [0.717, 1.165) is 22.2 Å². The second-order valence-corrected chi connectivity index (χ2v) is 5.70. The molecule has 3 aromatic carbocycles. The first kappa shape index (κ1) is 13.9. The molecule has 0 unspecified atom stereocenters. The highest BCUT2D eigenvalue weighted by atomic mass is 35.5. The van der Waals surface area contributed by atoms with Gasteiger partial charge in [0, 0.05) is 10.6 Å². The molecule has 1 aromatic heterocycles. The lowest BCUT2D eigenvalue weighted by Crippen LogP contribution is -1.77. The Morgan fingerprint density at radius 2 is 1.61 bits per heavy atom. The van der Waals surface area contributed by atoms with E-state index in [4.69, 9.17) is 16.0 Å². The Morgan fingerprint density at radius 1 is 0.826 bits per heavy atom. The van der Waals surface area contributed by atoms with Crippen LogP contribution >= 0.6 is 11.6 Å². The number of phenolic OH excluding ortho intramolecular Hbond substituents is 1. The minimum atomic E-state index is 0.236. The van der Waals surface area contributed by atoms with E-state index in [1.54, 1.807) is 12.1 Å². The lowest BCUT2D eigenvalue weighted by Gasteiger charge is -2.01. The summed E-state index contributed by atoms with van der Waals surface area (Å²) in [5.74, 6) is 0.773. The van der Waals surface area contributed by atoms with Gasteiger partial charge >= 0.3 is 0 Å². The molecule has 0 aliphatic rings. The van der Waals surface area contributed by atoms with Crippen LogP contribution in [0.3, 0.4) is 0 Å². The summed E-state index contributed by atoms with van der Waals surface area (Å²) in [6.07, 6.45) is 0. The zero-order valence-corrected chi connectivity index (χ0v) is 12.8. The standard InChI is InChI=1S/C19H12ClNO2/c20-15-5-1-4-14(9-15)19-21-17-8-7-13(11-18(17)23-19)12-3-2-6-16(22)10-12/h1-11,22H. The van der Waals surface area contributed by atoms with E-state index in [9.17, 15) is 5.11 Å². The van der Waals surface area contributed by atoms with Crippen LogP contribution in [0.5, 0.6) is 5.75 Å². The largest absolute Gasteiger partial charge is 0.508 e. The quantitative estimate of drug-likeness (QED) is 0.528. The van der Waals surface area contributed by atoms with Crippen LogP contribution in [0, 0.1) is 0 Å². The molecule has 0 aliphatic carbocycles. The summed E-state index contributed by atoms with van der Waals surface area (Å²) in [6.45, 7) is 0. The number of aromatic nitrogens is 1. The molecule has 4 aromatic rings. The molecule has 4 rings (SSSR count). The van der Waals surface area contributed by atoms with Gasteiger partial charge in [0.1, 0.15) is 11.3 Å². The van der Waals surface area contributed by atoms with E-state index in [1.165, 1.54) is 0 Å². The van der Waals surface area contributed by atoms with Gasteiger partial charge in [-0.3, -0.25) is 0 Å². The highest BCUT2D eigenvalue weighted by molar-refractivity contribution is 6.30. The fourth-order valence-corrected chi connectivity index (χ4v) is 2.72. The highest BCUT2D eigenvalue weighted by Crippen LogP contribution is 2.30. The van der Waals surface area contributed by atoms with Crippen LogP contribution in [-0.4, -0.2) is 10.1 Å². The number of aromatic hydroxyl groups is 1. The number of fused-ring (bicyclic) bond motifs is 1. The van der Waals surface area contributed by atoms with E-state index in [0.29, 0.717) is 16.5 Å². The summed E-state index contributed by atoms with van der Waals surface area (Å²) in [5.41, 5.74) is 4.20. The predicted molar refractivity (Wildman–Crippen MR) is 91.6 cm³/mol. The van der Waals surface area contributed by atoms with Gasteiger partial charge in [-0.15, -0.1) is 0 Å². The first-order chi connectivity index (χ1) is 11.2. The van der Waals surface area contributed by atoms with Crippen LogP contribution in [0.15, 0.2) is 71.1 Å². The Kier molecular flexibility index (Phi) is 3.28. The Labute approximate surface area is 137 Å². The maximum absolute atomic E-state index is 9.62. The molecule has 0 saturated carbocycles. The molecule has 0 radical (unpaired) electrons. The van der Waals surface area contributed by atoms with Crippen molar-refractivity contribution in [2.75, 3.05) is 0 Å². The van der Waals surface area contributed by atoms with E-state index in [1.807, 2.05) is 54.6 Å². The number of hydrogen-bond acceptors (Lipinski definition) is 3. The minimum absolute atomic E-state index is 0.236. The number of hydrogen-bond donors (Lipinski definition) is 1. The number of benzene rings is 3. The number of nitrogens with zero attached hydrogens (tertiary/aromatic N) is 1. The Bertz CT molecular complexity index is 964. The van der Waals surface area contributed by atoms with Gasteiger partial charge in [-0.1, -0.05) is 35.9 Å². The van der Waals surface area contributed by atoms with Crippen molar-refractivity contribution >= 4 is 22.7 Å². The maximum Gasteiger partial charge on any atom is 0.227 e. The molecule has 0 saturated heterocycles. The van der Waals surface area contributed by atoms with Gasteiger partial charge in [0.05, 0.1) is 0 Å². The molecule has 1 heterocycles. The summed E-state index contributed by atoms with van der Waals surface area (Å²) in [4.78, 5) is 4.50. The molecular weight excluding hydrogens is 310 g/mol. The van der Waals surface area contributed by atoms with Crippen molar-refractivity contribution in [1.82, 2.24) is 4.98 Å². The lowest BCUT2D eigenvalue weighted by atomic mass is 10.1. The monoisotopic (exact) mass is 321 g/mol. The molecule has 4 heteroatoms. The van der Waals surface area contributed by atoms with Crippen molar-refractivity contribution in [2.24, 2.45) is 0 Å². The van der Waals surface area contributed by atoms with Crippen molar-refractivity contribution in [3.63, 3.8) is 0 Å². The van der Waals surface area contributed by atoms with Gasteiger partial charge in [-0.25, -0.2) is 4.98 Å². The zero-order valence-electron chi connectivity index (χ0n) is 12.0. The normalized spacial score (nSPS) is 11.0. The second-order valence-electron chi connectivity index (χ2n) is 5.26. The smallest absolute Gasteiger partial charge is 0.227 e. The van der Waals surface area contributed by atoms with Gasteiger partial charge in [0.25, 0.3) is 0 Å². The second kappa shape index (κ2) is 5.45. The first-order valence-corrected chi connectivity index (χ1v) is 7.53. The zero-order chi connectivity index (χ0) is 15.8. The van der Waals surface area contributed by atoms with E-state index >= 15 is 0 Å². The third kappa shape index (κ3) is 2.67. The lowest BCUT2D eigenvalue weighted by molar-refractivity contribution is 0.475. The predicted octanol–water partition coefficient (Wildman–Crippen LogP) is 5.52. The number of halogens is 1. The molecule has 0 atom stereocenters. The molecule has 23 heavy (non-hydrogen) atoms. The van der Waals surface area contributed by atoms with Gasteiger partial charge in [-0.05, 0) is 53.6 Å². The van der Waals surface area contributed by atoms with Gasteiger partial charge in [0.15, 0.2) is 5.58 Å². The SMILES string of the molecule is Oc1cccc(-c2ccc3nc(-c4cccc(Cl)c4)oc3c2)c1. The van der Waals surface area contributed by atoms with Crippen molar-refractivity contribution in [3.8, 4) is 28.3 Å². The molecule has 0 bridgehead atoms. The van der Waals surface area contributed by atoms with Crippen LogP contribution < -0.4 is 0 Å². The molecule has 0 aliphatic heterocycles. The Morgan fingerprint density at radius 3 is 2.43 bits per heavy atom.